The Balaban J connectivity index is 1.96. The molecule has 5 heteroatoms. The zero-order valence-electron chi connectivity index (χ0n) is 10.3. The van der Waals surface area contributed by atoms with E-state index in [-0.39, 0.29) is 0 Å². The summed E-state index contributed by atoms with van der Waals surface area (Å²) in [4.78, 5) is 4.26. The summed E-state index contributed by atoms with van der Waals surface area (Å²) >= 11 is 11.8. The first-order chi connectivity index (χ1) is 9.19. The summed E-state index contributed by atoms with van der Waals surface area (Å²) in [6, 6.07) is 9.22. The number of pyridine rings is 1. The average Bonchev–Trinajstić information content (AvgIpc) is 2.42. The fourth-order valence-electron chi connectivity index (χ4n) is 1.59. The second-order valence-corrected chi connectivity index (χ2v) is 4.88. The van der Waals surface area contributed by atoms with Gasteiger partial charge in [0, 0.05) is 12.1 Å². The van der Waals surface area contributed by atoms with Crippen molar-refractivity contribution in [3.63, 3.8) is 0 Å². The van der Waals surface area contributed by atoms with E-state index in [4.69, 9.17) is 33.7 Å². The normalized spacial score (nSPS) is 10.5. The number of aromatic nitrogens is 1. The summed E-state index contributed by atoms with van der Waals surface area (Å²) in [5.74, 6) is 0.715. The Kier molecular flexibility index (Phi) is 5.02. The van der Waals surface area contributed by atoms with Crippen LogP contribution in [0.3, 0.4) is 0 Å². The molecule has 0 atom stereocenters. The maximum Gasteiger partial charge on any atom is 0.138 e. The van der Waals surface area contributed by atoms with Gasteiger partial charge in [-0.25, -0.2) is 0 Å². The van der Waals surface area contributed by atoms with Crippen LogP contribution in [0.25, 0.3) is 0 Å². The highest BCUT2D eigenvalue weighted by Gasteiger charge is 2.01. The van der Waals surface area contributed by atoms with E-state index in [1.165, 1.54) is 0 Å². The molecule has 1 aromatic carbocycles. The van der Waals surface area contributed by atoms with Crippen molar-refractivity contribution in [1.29, 1.82) is 0 Å². The van der Waals surface area contributed by atoms with Crippen LogP contribution < -0.4 is 10.5 Å². The van der Waals surface area contributed by atoms with Crippen LogP contribution in [0.4, 0.5) is 0 Å². The van der Waals surface area contributed by atoms with Gasteiger partial charge >= 0.3 is 0 Å². The third kappa shape index (κ3) is 4.10. The van der Waals surface area contributed by atoms with Crippen LogP contribution >= 0.6 is 23.2 Å². The number of ether oxygens (including phenoxy) is 1. The number of hydrogen-bond acceptors (Lipinski definition) is 3. The van der Waals surface area contributed by atoms with E-state index in [0.29, 0.717) is 28.9 Å². The maximum absolute atomic E-state index is 5.94. The Morgan fingerprint density at radius 2 is 1.95 bits per heavy atom. The summed E-state index contributed by atoms with van der Waals surface area (Å²) in [5.41, 5.74) is 7.39. The lowest BCUT2D eigenvalue weighted by Crippen LogP contribution is -2.04. The highest BCUT2D eigenvalue weighted by Crippen LogP contribution is 2.23. The molecule has 0 radical (unpaired) electrons. The molecule has 1 heterocycles. The van der Waals surface area contributed by atoms with Gasteiger partial charge in [-0.05, 0) is 36.4 Å². The maximum atomic E-state index is 5.94. The zero-order valence-corrected chi connectivity index (χ0v) is 11.8. The monoisotopic (exact) mass is 296 g/mol. The van der Waals surface area contributed by atoms with Crippen molar-refractivity contribution in [3.05, 3.63) is 57.8 Å². The fourth-order valence-corrected chi connectivity index (χ4v) is 1.91. The SMILES string of the molecule is NCCc1ccc(OCc2ccc(Cl)c(Cl)c2)cn1. The Hall–Kier alpha value is -1.29. The molecular weight excluding hydrogens is 283 g/mol. The van der Waals surface area contributed by atoms with Crippen molar-refractivity contribution in [3.8, 4) is 5.75 Å². The van der Waals surface area contributed by atoms with Crippen molar-refractivity contribution in [2.24, 2.45) is 5.73 Å². The molecule has 0 bridgehead atoms. The molecule has 0 fully saturated rings. The molecule has 0 aliphatic rings. The molecule has 0 saturated carbocycles. The molecule has 0 aliphatic heterocycles. The van der Waals surface area contributed by atoms with Crippen LogP contribution in [-0.4, -0.2) is 11.5 Å². The Morgan fingerprint density at radius 1 is 1.11 bits per heavy atom. The first-order valence-electron chi connectivity index (χ1n) is 5.91. The predicted molar refractivity (Wildman–Crippen MR) is 77.8 cm³/mol. The Labute approximate surface area is 122 Å². The van der Waals surface area contributed by atoms with E-state index in [0.717, 1.165) is 17.7 Å². The van der Waals surface area contributed by atoms with Gasteiger partial charge in [-0.1, -0.05) is 29.3 Å². The fraction of sp³-hybridized carbons (Fsp3) is 0.214. The molecule has 0 unspecified atom stereocenters. The van der Waals surface area contributed by atoms with Crippen molar-refractivity contribution in [2.45, 2.75) is 13.0 Å². The van der Waals surface area contributed by atoms with Gasteiger partial charge in [-0.3, -0.25) is 4.98 Å². The molecule has 100 valence electrons. The van der Waals surface area contributed by atoms with Crippen molar-refractivity contribution in [2.75, 3.05) is 6.54 Å². The number of benzene rings is 1. The quantitative estimate of drug-likeness (QED) is 0.919. The molecule has 0 saturated heterocycles. The van der Waals surface area contributed by atoms with E-state index in [9.17, 15) is 0 Å². The number of nitrogens with zero attached hydrogens (tertiary/aromatic N) is 1. The first-order valence-corrected chi connectivity index (χ1v) is 6.66. The second-order valence-electron chi connectivity index (χ2n) is 4.06. The Morgan fingerprint density at radius 3 is 2.58 bits per heavy atom. The number of rotatable bonds is 5. The molecule has 0 amide bonds. The van der Waals surface area contributed by atoms with E-state index < -0.39 is 0 Å². The van der Waals surface area contributed by atoms with Crippen LogP contribution in [0.5, 0.6) is 5.75 Å². The van der Waals surface area contributed by atoms with Crippen LogP contribution in [0.15, 0.2) is 36.5 Å². The molecule has 19 heavy (non-hydrogen) atoms. The lowest BCUT2D eigenvalue weighted by Gasteiger charge is -2.07. The highest BCUT2D eigenvalue weighted by molar-refractivity contribution is 6.42. The number of halogens is 2. The molecule has 0 spiro atoms. The van der Waals surface area contributed by atoms with Crippen LogP contribution in [-0.2, 0) is 13.0 Å². The third-order valence-electron chi connectivity index (χ3n) is 2.59. The van der Waals surface area contributed by atoms with E-state index in [1.807, 2.05) is 18.2 Å². The lowest BCUT2D eigenvalue weighted by atomic mass is 10.2. The minimum Gasteiger partial charge on any atom is -0.487 e. The van der Waals surface area contributed by atoms with Crippen molar-refractivity contribution in [1.82, 2.24) is 4.98 Å². The smallest absolute Gasteiger partial charge is 0.138 e. The molecule has 0 aliphatic carbocycles. The van der Waals surface area contributed by atoms with Crippen molar-refractivity contribution < 1.29 is 4.74 Å². The van der Waals surface area contributed by atoms with E-state index in [2.05, 4.69) is 4.98 Å². The molecule has 3 nitrogen and oxygen atoms in total. The van der Waals surface area contributed by atoms with Crippen LogP contribution in [0.1, 0.15) is 11.3 Å². The summed E-state index contributed by atoms with van der Waals surface area (Å²) in [6.45, 7) is 1.02. The minimum absolute atomic E-state index is 0.425. The summed E-state index contributed by atoms with van der Waals surface area (Å²) in [5, 5.41) is 1.07. The third-order valence-corrected chi connectivity index (χ3v) is 3.33. The molecular formula is C14H14Cl2N2O. The summed E-state index contributed by atoms with van der Waals surface area (Å²) in [7, 11) is 0. The first kappa shape index (κ1) is 14.1. The van der Waals surface area contributed by atoms with Gasteiger partial charge in [0.1, 0.15) is 12.4 Å². The van der Waals surface area contributed by atoms with Crippen molar-refractivity contribution >= 4 is 23.2 Å². The van der Waals surface area contributed by atoms with Gasteiger partial charge in [0.2, 0.25) is 0 Å². The lowest BCUT2D eigenvalue weighted by molar-refractivity contribution is 0.305. The number of nitrogens with two attached hydrogens (primary N) is 1. The highest BCUT2D eigenvalue weighted by atomic mass is 35.5. The van der Waals surface area contributed by atoms with Gasteiger partial charge < -0.3 is 10.5 Å². The van der Waals surface area contributed by atoms with Gasteiger partial charge in [-0.2, -0.15) is 0 Å². The van der Waals surface area contributed by atoms with Crippen LogP contribution in [0, 0.1) is 0 Å². The van der Waals surface area contributed by atoms with Gasteiger partial charge in [-0.15, -0.1) is 0 Å². The van der Waals surface area contributed by atoms with E-state index in [1.54, 1.807) is 18.3 Å². The topological polar surface area (TPSA) is 48.1 Å². The zero-order chi connectivity index (χ0) is 13.7. The standard InChI is InChI=1S/C14H14Cl2N2O/c15-13-4-1-10(7-14(13)16)9-19-12-3-2-11(5-6-17)18-8-12/h1-4,7-8H,5-6,9,17H2. The van der Waals surface area contributed by atoms with E-state index >= 15 is 0 Å². The average molecular weight is 297 g/mol. The number of hydrogen-bond donors (Lipinski definition) is 1. The summed E-state index contributed by atoms with van der Waals surface area (Å²) < 4.78 is 5.62. The Bertz CT molecular complexity index is 544. The van der Waals surface area contributed by atoms with Gasteiger partial charge in [0.25, 0.3) is 0 Å². The predicted octanol–water partition coefficient (Wildman–Crippen LogP) is 3.47. The van der Waals surface area contributed by atoms with Gasteiger partial charge in [0.15, 0.2) is 0 Å². The molecule has 1 aromatic heterocycles. The largest absolute Gasteiger partial charge is 0.487 e. The summed E-state index contributed by atoms with van der Waals surface area (Å²) in [6.07, 6.45) is 2.47. The molecule has 2 rings (SSSR count). The molecule has 2 aromatic rings. The minimum atomic E-state index is 0.425. The molecule has 2 N–H and O–H groups in total. The second kappa shape index (κ2) is 6.75. The van der Waals surface area contributed by atoms with Gasteiger partial charge in [0.05, 0.1) is 16.2 Å². The van der Waals surface area contributed by atoms with Crippen LogP contribution in [0.2, 0.25) is 10.0 Å².